The summed E-state index contributed by atoms with van der Waals surface area (Å²) in [6, 6.07) is 13.0. The maximum atomic E-state index is 12.0. The summed E-state index contributed by atoms with van der Waals surface area (Å²) in [5, 5.41) is 0. The van der Waals surface area contributed by atoms with Crippen molar-refractivity contribution in [2.24, 2.45) is 0 Å². The van der Waals surface area contributed by atoms with Gasteiger partial charge >= 0.3 is 0 Å². The molecule has 84 valence electrons. The van der Waals surface area contributed by atoms with E-state index < -0.39 is 23.3 Å². The standard InChI is InChI=1S/C6H2F4.C6H6/c7-3-1-2-4(8)6(10)5(3)9;1-2-4-6-5-3-1/h1-2H;1-6H. The maximum Gasteiger partial charge on any atom is 0.197 e. The van der Waals surface area contributed by atoms with Crippen LogP contribution >= 0.6 is 0 Å². The molecule has 0 spiro atoms. The van der Waals surface area contributed by atoms with Crippen molar-refractivity contribution in [2.75, 3.05) is 0 Å². The van der Waals surface area contributed by atoms with E-state index in [1.165, 1.54) is 0 Å². The van der Waals surface area contributed by atoms with Gasteiger partial charge in [-0.2, -0.15) is 0 Å². The van der Waals surface area contributed by atoms with Gasteiger partial charge in [0.1, 0.15) is 0 Å². The Morgan fingerprint density at radius 3 is 1.00 bits per heavy atom. The van der Waals surface area contributed by atoms with Crippen LogP contribution in [0.1, 0.15) is 0 Å². The van der Waals surface area contributed by atoms with Crippen LogP contribution in [0.4, 0.5) is 17.6 Å². The Balaban J connectivity index is 0.000000181. The number of halogens is 4. The van der Waals surface area contributed by atoms with Crippen LogP contribution in [-0.2, 0) is 0 Å². The number of benzene rings is 2. The molecule has 0 bridgehead atoms. The minimum absolute atomic E-state index is 0.522. The second kappa shape index (κ2) is 5.90. The molecule has 0 saturated heterocycles. The minimum Gasteiger partial charge on any atom is -0.204 e. The molecule has 0 nitrogen and oxygen atoms in total. The van der Waals surface area contributed by atoms with Gasteiger partial charge < -0.3 is 0 Å². The molecule has 0 fully saturated rings. The predicted octanol–water partition coefficient (Wildman–Crippen LogP) is 3.93. The Labute approximate surface area is 90.2 Å². The van der Waals surface area contributed by atoms with Crippen molar-refractivity contribution in [1.82, 2.24) is 0 Å². The molecule has 0 heterocycles. The molecular weight excluding hydrogens is 220 g/mol. The molecule has 0 unspecified atom stereocenters. The van der Waals surface area contributed by atoms with Gasteiger partial charge in [-0.15, -0.1) is 0 Å². The third-order valence-corrected chi connectivity index (χ3v) is 1.65. The minimum atomic E-state index is -1.78. The van der Waals surface area contributed by atoms with E-state index in [0.29, 0.717) is 12.1 Å². The summed E-state index contributed by atoms with van der Waals surface area (Å²) in [7, 11) is 0. The van der Waals surface area contributed by atoms with E-state index in [0.717, 1.165) is 0 Å². The molecule has 2 rings (SSSR count). The molecule has 2 aromatic carbocycles. The fourth-order valence-corrected chi connectivity index (χ4v) is 0.887. The van der Waals surface area contributed by atoms with Crippen LogP contribution in [0.5, 0.6) is 0 Å². The molecule has 0 atom stereocenters. The van der Waals surface area contributed by atoms with E-state index in [4.69, 9.17) is 0 Å². The van der Waals surface area contributed by atoms with Crippen molar-refractivity contribution in [3.8, 4) is 0 Å². The smallest absolute Gasteiger partial charge is 0.197 e. The molecule has 0 aliphatic carbocycles. The summed E-state index contributed by atoms with van der Waals surface area (Å²) in [5.41, 5.74) is 0. The average molecular weight is 228 g/mol. The van der Waals surface area contributed by atoms with Gasteiger partial charge in [0.25, 0.3) is 0 Å². The average Bonchev–Trinajstić information content (AvgIpc) is 2.35. The van der Waals surface area contributed by atoms with E-state index >= 15 is 0 Å². The number of rotatable bonds is 0. The monoisotopic (exact) mass is 228 g/mol. The predicted molar refractivity (Wildman–Crippen MR) is 52.7 cm³/mol. The summed E-state index contributed by atoms with van der Waals surface area (Å²) < 4.78 is 48.0. The van der Waals surface area contributed by atoms with E-state index in [1.807, 2.05) is 36.4 Å². The van der Waals surface area contributed by atoms with Gasteiger partial charge in [-0.05, 0) is 12.1 Å². The van der Waals surface area contributed by atoms with Gasteiger partial charge in [-0.25, -0.2) is 17.6 Å². The van der Waals surface area contributed by atoms with Gasteiger partial charge in [0, 0.05) is 0 Å². The van der Waals surface area contributed by atoms with Gasteiger partial charge in [-0.3, -0.25) is 0 Å². The Morgan fingerprint density at radius 2 is 0.750 bits per heavy atom. The molecular formula is C12H8F4. The summed E-state index contributed by atoms with van der Waals surface area (Å²) in [6.45, 7) is 0. The van der Waals surface area contributed by atoms with Gasteiger partial charge in [0.05, 0.1) is 0 Å². The molecule has 0 aliphatic heterocycles. The van der Waals surface area contributed by atoms with Gasteiger partial charge in [0.15, 0.2) is 23.3 Å². The largest absolute Gasteiger partial charge is 0.204 e. The van der Waals surface area contributed by atoms with Crippen molar-refractivity contribution < 1.29 is 17.6 Å². The topological polar surface area (TPSA) is 0 Å². The third-order valence-electron chi connectivity index (χ3n) is 1.65. The Hall–Kier alpha value is -1.84. The number of hydrogen-bond donors (Lipinski definition) is 0. The van der Waals surface area contributed by atoms with Crippen LogP contribution in [0.2, 0.25) is 0 Å². The lowest BCUT2D eigenvalue weighted by molar-refractivity contribution is 0.409. The fraction of sp³-hybridized carbons (Fsp3) is 0. The van der Waals surface area contributed by atoms with Crippen molar-refractivity contribution in [2.45, 2.75) is 0 Å². The van der Waals surface area contributed by atoms with E-state index in [1.54, 1.807) is 0 Å². The summed E-state index contributed by atoms with van der Waals surface area (Å²) >= 11 is 0. The number of hydrogen-bond acceptors (Lipinski definition) is 0. The van der Waals surface area contributed by atoms with Crippen molar-refractivity contribution >= 4 is 0 Å². The zero-order valence-corrected chi connectivity index (χ0v) is 8.13. The first-order chi connectivity index (χ1) is 7.63. The van der Waals surface area contributed by atoms with E-state index in [2.05, 4.69) is 0 Å². The Kier molecular flexibility index (Phi) is 4.51. The first kappa shape index (κ1) is 12.2. The lowest BCUT2D eigenvalue weighted by Crippen LogP contribution is -1.93. The molecule has 0 amide bonds. The van der Waals surface area contributed by atoms with Crippen molar-refractivity contribution in [1.29, 1.82) is 0 Å². The van der Waals surface area contributed by atoms with Gasteiger partial charge in [0.2, 0.25) is 0 Å². The maximum absolute atomic E-state index is 12.0. The molecule has 0 aliphatic rings. The van der Waals surface area contributed by atoms with Crippen LogP contribution in [0.3, 0.4) is 0 Å². The van der Waals surface area contributed by atoms with Crippen molar-refractivity contribution in [3.63, 3.8) is 0 Å². The first-order valence-electron chi connectivity index (χ1n) is 4.42. The zero-order chi connectivity index (χ0) is 12.0. The van der Waals surface area contributed by atoms with E-state index in [-0.39, 0.29) is 0 Å². The second-order valence-electron chi connectivity index (χ2n) is 2.81. The van der Waals surface area contributed by atoms with Crippen LogP contribution in [0.15, 0.2) is 48.5 Å². The Morgan fingerprint density at radius 1 is 0.500 bits per heavy atom. The lowest BCUT2D eigenvalue weighted by atomic mass is 10.3. The van der Waals surface area contributed by atoms with Crippen LogP contribution in [-0.4, -0.2) is 0 Å². The summed E-state index contributed by atoms with van der Waals surface area (Å²) in [6.07, 6.45) is 0. The quantitative estimate of drug-likeness (QED) is 0.364. The van der Waals surface area contributed by atoms with Crippen LogP contribution in [0, 0.1) is 23.3 Å². The summed E-state index contributed by atoms with van der Waals surface area (Å²) in [4.78, 5) is 0. The highest BCUT2D eigenvalue weighted by Crippen LogP contribution is 2.12. The van der Waals surface area contributed by atoms with Crippen molar-refractivity contribution in [3.05, 3.63) is 71.8 Å². The molecule has 0 aromatic heterocycles. The second-order valence-corrected chi connectivity index (χ2v) is 2.81. The van der Waals surface area contributed by atoms with Crippen LogP contribution < -0.4 is 0 Å². The van der Waals surface area contributed by atoms with Crippen LogP contribution in [0.25, 0.3) is 0 Å². The molecule has 2 aromatic rings. The molecule has 0 N–H and O–H groups in total. The van der Waals surface area contributed by atoms with E-state index in [9.17, 15) is 17.6 Å². The third kappa shape index (κ3) is 3.38. The highest BCUT2D eigenvalue weighted by atomic mass is 19.2. The first-order valence-corrected chi connectivity index (χ1v) is 4.42. The highest BCUT2D eigenvalue weighted by Gasteiger charge is 2.11. The fourth-order valence-electron chi connectivity index (χ4n) is 0.887. The van der Waals surface area contributed by atoms with Gasteiger partial charge in [-0.1, -0.05) is 36.4 Å². The molecule has 0 saturated carbocycles. The summed E-state index contributed by atoms with van der Waals surface area (Å²) in [5.74, 6) is -6.34. The molecule has 4 heteroatoms. The Bertz CT molecular complexity index is 387. The molecule has 0 radical (unpaired) electrons. The SMILES string of the molecule is Fc1ccc(F)c(F)c1F.c1ccccc1. The highest BCUT2D eigenvalue weighted by molar-refractivity contribution is 5.10. The normalized spacial score (nSPS) is 9.25. The zero-order valence-electron chi connectivity index (χ0n) is 8.13. The molecule has 16 heavy (non-hydrogen) atoms. The lowest BCUT2D eigenvalue weighted by Gasteiger charge is -1.93.